The second kappa shape index (κ2) is 7.08. The molecule has 1 N–H and O–H groups in total. The highest BCUT2D eigenvalue weighted by Gasteiger charge is 2.37. The van der Waals surface area contributed by atoms with E-state index >= 15 is 0 Å². The van der Waals surface area contributed by atoms with Gasteiger partial charge >= 0.3 is 6.18 Å². The van der Waals surface area contributed by atoms with Crippen molar-refractivity contribution in [2.24, 2.45) is 0 Å². The molecule has 1 aromatic carbocycles. The lowest BCUT2D eigenvalue weighted by Gasteiger charge is -2.07. The standard InChI is InChI=1S/C15H14F3N5S/c16-15(17,18)14-21-20-13-8-7-12(22-23(13)14)19-9-4-10-24-11-5-2-1-3-6-11/h1-3,5-8H,4,9-10H2,(H,19,22). The normalized spacial score (nSPS) is 11.8. The van der Waals surface area contributed by atoms with Crippen LogP contribution in [-0.4, -0.2) is 32.1 Å². The third-order valence-electron chi connectivity index (χ3n) is 3.16. The smallest absolute Gasteiger partial charge is 0.369 e. The van der Waals surface area contributed by atoms with Gasteiger partial charge in [0.15, 0.2) is 5.65 Å². The zero-order valence-electron chi connectivity index (χ0n) is 12.5. The summed E-state index contributed by atoms with van der Waals surface area (Å²) < 4.78 is 39.1. The monoisotopic (exact) mass is 353 g/mol. The Bertz CT molecular complexity index is 804. The Labute approximate surface area is 140 Å². The first kappa shape index (κ1) is 16.6. The van der Waals surface area contributed by atoms with Crippen LogP contribution < -0.4 is 5.32 Å². The van der Waals surface area contributed by atoms with Crippen LogP contribution in [0.2, 0.25) is 0 Å². The minimum absolute atomic E-state index is 0.0625. The maximum Gasteiger partial charge on any atom is 0.453 e. The number of benzene rings is 1. The van der Waals surface area contributed by atoms with Gasteiger partial charge in [0, 0.05) is 11.4 Å². The van der Waals surface area contributed by atoms with Crippen LogP contribution in [0.4, 0.5) is 19.0 Å². The van der Waals surface area contributed by atoms with Gasteiger partial charge in [-0.05, 0) is 36.4 Å². The van der Waals surface area contributed by atoms with Gasteiger partial charge in [-0.15, -0.1) is 27.1 Å². The number of fused-ring (bicyclic) bond motifs is 1. The molecule has 0 atom stereocenters. The number of aromatic nitrogens is 4. The third kappa shape index (κ3) is 3.97. The van der Waals surface area contributed by atoms with Crippen molar-refractivity contribution >= 4 is 23.2 Å². The van der Waals surface area contributed by atoms with Gasteiger partial charge in [-0.25, -0.2) is 0 Å². The molecule has 3 rings (SSSR count). The summed E-state index contributed by atoms with van der Waals surface area (Å²) in [4.78, 5) is 1.19. The number of rotatable bonds is 6. The first-order valence-corrected chi connectivity index (χ1v) is 8.24. The van der Waals surface area contributed by atoms with Crippen molar-refractivity contribution in [3.8, 4) is 0 Å². The van der Waals surface area contributed by atoms with Crippen LogP contribution in [0, 0.1) is 0 Å². The molecule has 0 aliphatic heterocycles. The Kier molecular flexibility index (Phi) is 4.89. The summed E-state index contributed by atoms with van der Waals surface area (Å²) in [6.45, 7) is 0.613. The first-order chi connectivity index (χ1) is 11.5. The van der Waals surface area contributed by atoms with Crippen LogP contribution in [-0.2, 0) is 6.18 Å². The molecule has 0 aliphatic rings. The van der Waals surface area contributed by atoms with Crippen molar-refractivity contribution in [2.75, 3.05) is 17.6 Å². The topological polar surface area (TPSA) is 55.1 Å². The lowest BCUT2D eigenvalue weighted by molar-refractivity contribution is -0.146. The summed E-state index contributed by atoms with van der Waals surface area (Å²) in [5, 5.41) is 13.5. The molecule has 0 saturated carbocycles. The van der Waals surface area contributed by atoms with Crippen LogP contribution in [0.5, 0.6) is 0 Å². The molecule has 3 aromatic rings. The average molecular weight is 353 g/mol. The van der Waals surface area contributed by atoms with Crippen LogP contribution >= 0.6 is 11.8 Å². The van der Waals surface area contributed by atoms with E-state index in [0.717, 1.165) is 12.2 Å². The molecule has 0 radical (unpaired) electrons. The molecule has 24 heavy (non-hydrogen) atoms. The zero-order chi connectivity index (χ0) is 17.0. The third-order valence-corrected chi connectivity index (χ3v) is 4.25. The van der Waals surface area contributed by atoms with Crippen molar-refractivity contribution < 1.29 is 13.2 Å². The Morgan fingerprint density at radius 1 is 1.04 bits per heavy atom. The molecule has 0 saturated heterocycles. The van der Waals surface area contributed by atoms with E-state index in [2.05, 4.69) is 20.6 Å². The summed E-state index contributed by atoms with van der Waals surface area (Å²) in [7, 11) is 0. The van der Waals surface area contributed by atoms with Crippen molar-refractivity contribution in [3.05, 3.63) is 48.3 Å². The second-order valence-corrected chi connectivity index (χ2v) is 6.12. The Morgan fingerprint density at radius 2 is 1.83 bits per heavy atom. The van der Waals surface area contributed by atoms with E-state index in [0.29, 0.717) is 16.9 Å². The molecule has 0 aliphatic carbocycles. The van der Waals surface area contributed by atoms with Gasteiger partial charge < -0.3 is 5.32 Å². The van der Waals surface area contributed by atoms with Crippen molar-refractivity contribution in [1.82, 2.24) is 19.8 Å². The van der Waals surface area contributed by atoms with Gasteiger partial charge in [0.1, 0.15) is 5.82 Å². The molecule has 0 unspecified atom stereocenters. The minimum Gasteiger partial charge on any atom is -0.369 e. The second-order valence-electron chi connectivity index (χ2n) is 4.95. The van der Waals surface area contributed by atoms with Crippen LogP contribution in [0.1, 0.15) is 12.2 Å². The van der Waals surface area contributed by atoms with Crippen LogP contribution in [0.3, 0.4) is 0 Å². The molecular formula is C15H14F3N5S. The fraction of sp³-hybridized carbons (Fsp3) is 0.267. The van der Waals surface area contributed by atoms with E-state index in [1.54, 1.807) is 17.8 Å². The largest absolute Gasteiger partial charge is 0.453 e. The fourth-order valence-electron chi connectivity index (χ4n) is 2.06. The molecule has 2 aromatic heterocycles. The molecule has 0 amide bonds. The molecule has 0 fully saturated rings. The maximum absolute atomic E-state index is 12.8. The molecule has 5 nitrogen and oxygen atoms in total. The number of nitrogens with zero attached hydrogens (tertiary/aromatic N) is 4. The van der Waals surface area contributed by atoms with Crippen LogP contribution in [0.15, 0.2) is 47.4 Å². The highest BCUT2D eigenvalue weighted by molar-refractivity contribution is 7.99. The predicted octanol–water partition coefficient (Wildman–Crippen LogP) is 3.74. The Hall–Kier alpha value is -2.29. The molecular weight excluding hydrogens is 339 g/mol. The maximum atomic E-state index is 12.8. The van der Waals surface area contributed by atoms with Gasteiger partial charge in [-0.2, -0.15) is 17.7 Å². The molecule has 0 bridgehead atoms. The van der Waals surface area contributed by atoms with Crippen LogP contribution in [0.25, 0.3) is 5.65 Å². The zero-order valence-corrected chi connectivity index (χ0v) is 13.3. The van der Waals surface area contributed by atoms with E-state index in [1.807, 2.05) is 30.3 Å². The molecule has 0 spiro atoms. The summed E-state index contributed by atoms with van der Waals surface area (Å²) in [6, 6.07) is 13.1. The predicted molar refractivity (Wildman–Crippen MR) is 86.1 cm³/mol. The van der Waals surface area contributed by atoms with Gasteiger partial charge in [0.05, 0.1) is 0 Å². The average Bonchev–Trinajstić information content (AvgIpc) is 2.99. The van der Waals surface area contributed by atoms with Gasteiger partial charge in [0.2, 0.25) is 0 Å². The Balaban J connectivity index is 1.55. The van der Waals surface area contributed by atoms with Crippen molar-refractivity contribution in [2.45, 2.75) is 17.5 Å². The lowest BCUT2D eigenvalue weighted by Crippen LogP contribution is -2.14. The SMILES string of the molecule is FC(F)(F)c1nnc2ccc(NCCCSc3ccccc3)nn12. The number of thioether (sulfide) groups is 1. The number of hydrogen-bond acceptors (Lipinski definition) is 5. The number of anilines is 1. The highest BCUT2D eigenvalue weighted by Crippen LogP contribution is 2.27. The molecule has 126 valence electrons. The fourth-order valence-corrected chi connectivity index (χ4v) is 2.93. The van der Waals surface area contributed by atoms with E-state index in [9.17, 15) is 13.2 Å². The summed E-state index contributed by atoms with van der Waals surface area (Å²) in [6.07, 6.45) is -3.73. The Morgan fingerprint density at radius 3 is 2.58 bits per heavy atom. The molecule has 2 heterocycles. The number of hydrogen-bond donors (Lipinski definition) is 1. The van der Waals surface area contributed by atoms with E-state index in [-0.39, 0.29) is 5.65 Å². The van der Waals surface area contributed by atoms with Gasteiger partial charge in [0.25, 0.3) is 5.82 Å². The minimum atomic E-state index is -4.59. The van der Waals surface area contributed by atoms with E-state index in [1.165, 1.54) is 11.0 Å². The summed E-state index contributed by atoms with van der Waals surface area (Å²) in [5.41, 5.74) is 0.0625. The lowest BCUT2D eigenvalue weighted by atomic mass is 10.4. The number of nitrogens with one attached hydrogen (secondary N) is 1. The van der Waals surface area contributed by atoms with E-state index in [4.69, 9.17) is 0 Å². The van der Waals surface area contributed by atoms with E-state index < -0.39 is 12.0 Å². The highest BCUT2D eigenvalue weighted by atomic mass is 32.2. The quantitative estimate of drug-likeness (QED) is 0.540. The number of alkyl halides is 3. The first-order valence-electron chi connectivity index (χ1n) is 7.25. The summed E-state index contributed by atoms with van der Waals surface area (Å²) in [5.74, 6) is 0.137. The van der Waals surface area contributed by atoms with Crippen molar-refractivity contribution in [3.63, 3.8) is 0 Å². The van der Waals surface area contributed by atoms with Gasteiger partial charge in [-0.1, -0.05) is 18.2 Å². The van der Waals surface area contributed by atoms with Gasteiger partial charge in [-0.3, -0.25) is 0 Å². The van der Waals surface area contributed by atoms with Crippen molar-refractivity contribution in [1.29, 1.82) is 0 Å². The molecule has 9 heteroatoms. The summed E-state index contributed by atoms with van der Waals surface area (Å²) >= 11 is 1.73. The number of halogens is 3.